The van der Waals surface area contributed by atoms with Crippen LogP contribution in [0.25, 0.3) is 11.2 Å². The maximum atomic E-state index is 11.7. The molecule has 3 N–H and O–H groups in total. The van der Waals surface area contributed by atoms with Crippen LogP contribution >= 0.6 is 0 Å². The van der Waals surface area contributed by atoms with Gasteiger partial charge in [0.05, 0.1) is 11.9 Å². The molecule has 0 spiro atoms. The number of nitrogen functional groups attached to an aromatic ring is 1. The van der Waals surface area contributed by atoms with Gasteiger partial charge in [0, 0.05) is 11.5 Å². The smallest absolute Gasteiger partial charge is 0.334 e. The molecular weight excluding hydrogens is 358 g/mol. The van der Waals surface area contributed by atoms with Crippen molar-refractivity contribution < 1.29 is 14.3 Å². The Morgan fingerprint density at radius 3 is 2.96 bits per heavy atom. The van der Waals surface area contributed by atoms with Crippen LogP contribution in [0, 0.1) is 5.92 Å². The third kappa shape index (κ3) is 3.40. The van der Waals surface area contributed by atoms with E-state index in [9.17, 15) is 4.79 Å². The number of imidazole rings is 1. The van der Waals surface area contributed by atoms with Crippen LogP contribution in [0.5, 0.6) is 0 Å². The Balaban J connectivity index is 0.000000162. The van der Waals surface area contributed by atoms with Gasteiger partial charge in [0.2, 0.25) is 0 Å². The molecule has 0 amide bonds. The predicted molar refractivity (Wildman–Crippen MR) is 104 cm³/mol. The summed E-state index contributed by atoms with van der Waals surface area (Å²) in [7, 11) is 0. The first kappa shape index (κ1) is 18.6. The lowest BCUT2D eigenvalue weighted by atomic mass is 9.84. The molecule has 3 aliphatic rings. The molecule has 2 aromatic heterocycles. The van der Waals surface area contributed by atoms with Crippen LogP contribution in [0.3, 0.4) is 0 Å². The van der Waals surface area contributed by atoms with E-state index in [-0.39, 0.29) is 29.7 Å². The van der Waals surface area contributed by atoms with Crippen molar-refractivity contribution in [2.75, 3.05) is 5.73 Å². The molecular formula is C20H25N5O3. The third-order valence-corrected chi connectivity index (χ3v) is 5.82. The number of fused-ring (bicyclic) bond motifs is 4. The highest BCUT2D eigenvalue weighted by Crippen LogP contribution is 2.49. The second kappa shape index (κ2) is 7.01. The maximum absolute atomic E-state index is 11.7. The molecule has 8 heteroatoms. The second-order valence-electron chi connectivity index (χ2n) is 7.84. The topological polar surface area (TPSA) is 119 Å². The van der Waals surface area contributed by atoms with Gasteiger partial charge in [-0.1, -0.05) is 18.2 Å². The van der Waals surface area contributed by atoms with Gasteiger partial charge < -0.3 is 20.2 Å². The van der Waals surface area contributed by atoms with E-state index in [1.54, 1.807) is 0 Å². The molecule has 0 aromatic carbocycles. The minimum atomic E-state index is -0.233. The summed E-state index contributed by atoms with van der Waals surface area (Å²) in [6.45, 7) is 8.17. The van der Waals surface area contributed by atoms with Crippen molar-refractivity contribution in [2.45, 2.75) is 57.3 Å². The van der Waals surface area contributed by atoms with Gasteiger partial charge in [-0.05, 0) is 39.5 Å². The van der Waals surface area contributed by atoms with E-state index >= 15 is 0 Å². The highest BCUT2D eigenvalue weighted by Gasteiger charge is 2.61. The number of hydrogen-bond acceptors (Lipinski definition) is 7. The van der Waals surface area contributed by atoms with E-state index in [2.05, 4.69) is 46.4 Å². The summed E-state index contributed by atoms with van der Waals surface area (Å²) >= 11 is 0. The Morgan fingerprint density at radius 1 is 1.36 bits per heavy atom. The van der Waals surface area contributed by atoms with E-state index in [0.717, 1.165) is 25.7 Å². The average Bonchev–Trinajstić information content (AvgIpc) is 3.00. The fourth-order valence-electron chi connectivity index (χ4n) is 3.99. The number of esters is 1. The van der Waals surface area contributed by atoms with Gasteiger partial charge in [-0.15, -0.1) is 0 Å². The number of epoxide rings is 1. The van der Waals surface area contributed by atoms with Gasteiger partial charge in [-0.3, -0.25) is 0 Å². The molecule has 2 fully saturated rings. The average molecular weight is 383 g/mol. The SMILES string of the molecule is C=C1C(=O)OC2C1CCC(C)=CCCC1(C)OC21.Nc1ncnc2nc[nH]c12. The van der Waals surface area contributed by atoms with Crippen LogP contribution in [-0.2, 0) is 14.3 Å². The Bertz CT molecular complexity index is 952. The number of hydrogen-bond donors (Lipinski definition) is 2. The molecule has 4 heterocycles. The molecule has 5 rings (SSSR count). The molecule has 2 aliphatic heterocycles. The van der Waals surface area contributed by atoms with Crippen LogP contribution in [-0.4, -0.2) is 43.7 Å². The number of nitrogens with two attached hydrogens (primary N) is 1. The van der Waals surface area contributed by atoms with E-state index in [4.69, 9.17) is 15.2 Å². The first-order valence-electron chi connectivity index (χ1n) is 9.52. The van der Waals surface area contributed by atoms with Crippen molar-refractivity contribution in [3.8, 4) is 0 Å². The minimum Gasteiger partial charge on any atom is -0.455 e. The number of ether oxygens (including phenoxy) is 2. The number of carbonyl (C=O) groups excluding carboxylic acids is 1. The van der Waals surface area contributed by atoms with Crippen LogP contribution in [0.2, 0.25) is 0 Å². The number of aromatic amines is 1. The van der Waals surface area contributed by atoms with Crippen LogP contribution in [0.4, 0.5) is 5.82 Å². The van der Waals surface area contributed by atoms with Crippen molar-refractivity contribution in [3.05, 3.63) is 36.5 Å². The monoisotopic (exact) mass is 383 g/mol. The number of rotatable bonds is 0. The molecule has 8 nitrogen and oxygen atoms in total. The normalized spacial score (nSPS) is 31.8. The zero-order valence-electron chi connectivity index (χ0n) is 16.1. The predicted octanol–water partition coefficient (Wildman–Crippen LogP) is 2.70. The molecule has 4 unspecified atom stereocenters. The summed E-state index contributed by atoms with van der Waals surface area (Å²) < 4.78 is 11.3. The first-order valence-corrected chi connectivity index (χ1v) is 9.52. The van der Waals surface area contributed by atoms with Crippen LogP contribution in [0.15, 0.2) is 36.5 Å². The standard InChI is InChI=1S/C15H20O3.C5H5N5/c1-9-5-4-8-15(3)13(18-15)12-11(7-6-9)10(2)14(16)17-12;6-4-3-5(9-1-7-3)10-2-8-4/h5,11-13H,2,4,6-8H2,1,3H3;1-2H,(H3,6,7,8,9,10). The van der Waals surface area contributed by atoms with Gasteiger partial charge in [-0.2, -0.15) is 0 Å². The summed E-state index contributed by atoms with van der Waals surface area (Å²) in [6.07, 6.45) is 9.18. The fourth-order valence-corrected chi connectivity index (χ4v) is 3.99. The molecule has 0 saturated carbocycles. The summed E-state index contributed by atoms with van der Waals surface area (Å²) in [5.74, 6) is 0.331. The lowest BCUT2D eigenvalue weighted by Crippen LogP contribution is -2.28. The van der Waals surface area contributed by atoms with E-state index in [1.807, 2.05) is 0 Å². The number of carbonyl (C=O) groups is 1. The lowest BCUT2D eigenvalue weighted by Gasteiger charge is -2.19. The summed E-state index contributed by atoms with van der Waals surface area (Å²) in [5, 5.41) is 0. The fraction of sp³-hybridized carbons (Fsp3) is 0.500. The Hall–Kier alpha value is -2.74. The molecule has 148 valence electrons. The van der Waals surface area contributed by atoms with E-state index in [0.29, 0.717) is 22.6 Å². The number of aromatic nitrogens is 4. The van der Waals surface area contributed by atoms with Crippen molar-refractivity contribution in [3.63, 3.8) is 0 Å². The second-order valence-corrected chi connectivity index (χ2v) is 7.84. The molecule has 2 saturated heterocycles. The summed E-state index contributed by atoms with van der Waals surface area (Å²) in [5.41, 5.74) is 8.69. The van der Waals surface area contributed by atoms with Gasteiger partial charge in [0.15, 0.2) is 11.5 Å². The number of nitrogens with zero attached hydrogens (tertiary/aromatic N) is 3. The maximum Gasteiger partial charge on any atom is 0.334 e. The number of allylic oxidation sites excluding steroid dienone is 2. The van der Waals surface area contributed by atoms with Crippen molar-refractivity contribution >= 4 is 23.0 Å². The molecule has 1 aliphatic carbocycles. The van der Waals surface area contributed by atoms with Crippen LogP contribution < -0.4 is 5.73 Å². The molecule has 0 bridgehead atoms. The minimum absolute atomic E-state index is 0.0671. The molecule has 28 heavy (non-hydrogen) atoms. The van der Waals surface area contributed by atoms with E-state index in [1.165, 1.54) is 18.2 Å². The number of anilines is 1. The van der Waals surface area contributed by atoms with Gasteiger partial charge >= 0.3 is 5.97 Å². The number of H-pyrrole nitrogens is 1. The van der Waals surface area contributed by atoms with Crippen molar-refractivity contribution in [1.29, 1.82) is 0 Å². The Labute approximate surface area is 163 Å². The van der Waals surface area contributed by atoms with Crippen LogP contribution in [0.1, 0.15) is 39.5 Å². The lowest BCUT2D eigenvalue weighted by molar-refractivity contribution is -0.140. The highest BCUT2D eigenvalue weighted by atomic mass is 16.6. The Kier molecular flexibility index (Phi) is 4.66. The zero-order valence-corrected chi connectivity index (χ0v) is 16.1. The van der Waals surface area contributed by atoms with Crippen molar-refractivity contribution in [1.82, 2.24) is 19.9 Å². The molecule has 0 radical (unpaired) electrons. The van der Waals surface area contributed by atoms with Gasteiger partial charge in [0.1, 0.15) is 24.1 Å². The number of nitrogens with one attached hydrogen (secondary N) is 1. The summed E-state index contributed by atoms with van der Waals surface area (Å²) in [6, 6.07) is 0. The first-order chi connectivity index (χ1) is 13.4. The quantitative estimate of drug-likeness (QED) is 0.311. The van der Waals surface area contributed by atoms with Gasteiger partial charge in [-0.25, -0.2) is 19.7 Å². The van der Waals surface area contributed by atoms with Gasteiger partial charge in [0.25, 0.3) is 0 Å². The molecule has 2 aromatic rings. The molecule has 4 atom stereocenters. The zero-order chi connectivity index (χ0) is 19.9. The largest absolute Gasteiger partial charge is 0.455 e. The van der Waals surface area contributed by atoms with Crippen molar-refractivity contribution in [2.24, 2.45) is 5.92 Å². The highest BCUT2D eigenvalue weighted by molar-refractivity contribution is 5.91. The van der Waals surface area contributed by atoms with E-state index < -0.39 is 0 Å². The Morgan fingerprint density at radius 2 is 2.18 bits per heavy atom. The summed E-state index contributed by atoms with van der Waals surface area (Å²) in [4.78, 5) is 26.1. The third-order valence-electron chi connectivity index (χ3n) is 5.82.